The highest BCUT2D eigenvalue weighted by molar-refractivity contribution is 6.24. The van der Waals surface area contributed by atoms with E-state index in [4.69, 9.17) is 11.0 Å². The fourth-order valence-corrected chi connectivity index (χ4v) is 6.59. The van der Waals surface area contributed by atoms with E-state index in [1.807, 2.05) is 30.3 Å². The van der Waals surface area contributed by atoms with Gasteiger partial charge in [0, 0.05) is 18.0 Å². The maximum Gasteiger partial charge on any atom is 0.255 e. The van der Waals surface area contributed by atoms with Gasteiger partial charge >= 0.3 is 0 Å². The summed E-state index contributed by atoms with van der Waals surface area (Å²) in [4.78, 5) is 40.9. The first-order chi connectivity index (χ1) is 19.4. The van der Waals surface area contributed by atoms with Gasteiger partial charge in [0.1, 0.15) is 22.8 Å². The molecule has 4 unspecified atom stereocenters. The van der Waals surface area contributed by atoms with Crippen LogP contribution in [-0.2, 0) is 22.6 Å². The van der Waals surface area contributed by atoms with Crippen LogP contribution in [0, 0.1) is 23.2 Å². The maximum atomic E-state index is 13.9. The van der Waals surface area contributed by atoms with Gasteiger partial charge in [-0.25, -0.2) is 0 Å². The summed E-state index contributed by atoms with van der Waals surface area (Å²) >= 11 is 0. The lowest BCUT2D eigenvalue weighted by Gasteiger charge is -2.50. The number of amides is 1. The van der Waals surface area contributed by atoms with E-state index in [0.29, 0.717) is 17.7 Å². The second-order valence-corrected chi connectivity index (χ2v) is 10.9. The van der Waals surface area contributed by atoms with Gasteiger partial charge in [0.2, 0.25) is 5.78 Å². The number of nitrogens with one attached hydrogen (secondary N) is 1. The summed E-state index contributed by atoms with van der Waals surface area (Å²) in [6.07, 6.45) is 0.216. The molecule has 0 radical (unpaired) electrons. The average Bonchev–Trinajstić information content (AvgIpc) is 2.91. The standard InChI is InChI=1S/C30H30N4O7/c1-34(2)24-19-12-16-11-18-17(15-5-3-14(4-6-15)13-33-10-9-31)7-8-20(35)22(18)25(36)21(16)27(38)30(19,41)28(39)23(26(24)37)29(32)40/h3-8,16,19,24,33,35,37-38,41H,10-13H2,1-2H3,(H2,32,40). The van der Waals surface area contributed by atoms with E-state index >= 15 is 0 Å². The van der Waals surface area contributed by atoms with E-state index < -0.39 is 58.0 Å². The number of phenolic OH excluding ortho intramolecular Hbond substituents is 1. The maximum absolute atomic E-state index is 13.9. The van der Waals surface area contributed by atoms with Crippen LogP contribution >= 0.6 is 0 Å². The molecule has 7 N–H and O–H groups in total. The van der Waals surface area contributed by atoms with Crippen LogP contribution in [0.15, 0.2) is 59.1 Å². The molecule has 2 aromatic carbocycles. The van der Waals surface area contributed by atoms with E-state index in [9.17, 15) is 34.8 Å². The second kappa shape index (κ2) is 10.2. The minimum Gasteiger partial charge on any atom is -0.510 e. The molecule has 5 rings (SSSR count). The average molecular weight is 559 g/mol. The zero-order chi connectivity index (χ0) is 29.8. The van der Waals surface area contributed by atoms with Crippen molar-refractivity contribution in [1.29, 1.82) is 5.26 Å². The smallest absolute Gasteiger partial charge is 0.255 e. The number of nitrogens with zero attached hydrogens (tertiary/aromatic N) is 2. The predicted molar refractivity (Wildman–Crippen MR) is 146 cm³/mol. The molecule has 0 bridgehead atoms. The van der Waals surface area contributed by atoms with Crippen molar-refractivity contribution in [2.45, 2.75) is 31.0 Å². The van der Waals surface area contributed by atoms with Crippen LogP contribution in [-0.4, -0.2) is 75.1 Å². The van der Waals surface area contributed by atoms with Crippen LogP contribution in [0.25, 0.3) is 11.1 Å². The number of ketones is 2. The number of benzene rings is 2. The number of aliphatic hydroxyl groups is 3. The molecule has 11 heteroatoms. The van der Waals surface area contributed by atoms with E-state index in [-0.39, 0.29) is 36.3 Å². The molecule has 3 aliphatic carbocycles. The number of rotatable bonds is 6. The molecule has 4 atom stereocenters. The number of likely N-dealkylation sites (N-methyl/N-ethyl adjacent to an activating group) is 1. The fourth-order valence-electron chi connectivity index (χ4n) is 6.59. The van der Waals surface area contributed by atoms with Gasteiger partial charge in [0.05, 0.1) is 24.2 Å². The van der Waals surface area contributed by atoms with Crippen LogP contribution in [0.2, 0.25) is 0 Å². The Hall–Kier alpha value is -4.50. The van der Waals surface area contributed by atoms with Crippen LogP contribution in [0.5, 0.6) is 5.75 Å². The van der Waals surface area contributed by atoms with Crippen LogP contribution in [0.3, 0.4) is 0 Å². The third-order valence-corrected chi connectivity index (χ3v) is 8.40. The Morgan fingerprint density at radius 2 is 1.83 bits per heavy atom. The molecule has 212 valence electrons. The summed E-state index contributed by atoms with van der Waals surface area (Å²) in [6, 6.07) is 11.6. The third kappa shape index (κ3) is 4.19. The number of Topliss-reactive ketones (excluding diaryl/α,β-unsaturated/α-hetero) is 2. The zero-order valence-corrected chi connectivity index (χ0v) is 22.5. The normalized spacial score (nSPS) is 25.5. The monoisotopic (exact) mass is 558 g/mol. The Morgan fingerprint density at radius 3 is 2.44 bits per heavy atom. The molecule has 0 spiro atoms. The van der Waals surface area contributed by atoms with E-state index in [2.05, 4.69) is 5.32 Å². The van der Waals surface area contributed by atoms with Gasteiger partial charge in [0.25, 0.3) is 5.91 Å². The number of fused-ring (bicyclic) bond motifs is 3. The second-order valence-electron chi connectivity index (χ2n) is 10.9. The van der Waals surface area contributed by atoms with Gasteiger partial charge in [0.15, 0.2) is 11.4 Å². The Kier molecular flexibility index (Phi) is 6.95. The number of primary amides is 1. The first-order valence-corrected chi connectivity index (χ1v) is 13.1. The third-order valence-electron chi connectivity index (χ3n) is 8.40. The molecule has 0 aliphatic heterocycles. The van der Waals surface area contributed by atoms with Crippen molar-refractivity contribution in [3.63, 3.8) is 0 Å². The number of allylic oxidation sites excluding steroid dienone is 1. The molecule has 0 aromatic heterocycles. The van der Waals surface area contributed by atoms with Gasteiger partial charge in [-0.1, -0.05) is 30.3 Å². The fraction of sp³-hybridized carbons (Fsp3) is 0.333. The molecule has 0 saturated heterocycles. The molecule has 2 aromatic rings. The number of carbonyl (C=O) groups excluding carboxylic acids is 3. The first kappa shape index (κ1) is 28.0. The highest BCUT2D eigenvalue weighted by Gasteiger charge is 2.63. The highest BCUT2D eigenvalue weighted by Crippen LogP contribution is 2.53. The van der Waals surface area contributed by atoms with Gasteiger partial charge < -0.3 is 31.5 Å². The van der Waals surface area contributed by atoms with Gasteiger partial charge in [-0.2, -0.15) is 5.26 Å². The summed E-state index contributed by atoms with van der Waals surface area (Å²) in [5, 5.41) is 56.5. The molecule has 41 heavy (non-hydrogen) atoms. The SMILES string of the molecule is CN(C)C1C(O)=C(C(N)=O)C(=O)C2(O)C(O)=C3C(=O)c4c(O)ccc(-c5ccc(CNCC#N)cc5)c4CC3CC12. The summed E-state index contributed by atoms with van der Waals surface area (Å²) in [6.45, 7) is 0.720. The summed E-state index contributed by atoms with van der Waals surface area (Å²) < 4.78 is 0. The van der Waals surface area contributed by atoms with E-state index in [0.717, 1.165) is 11.1 Å². The van der Waals surface area contributed by atoms with Crippen LogP contribution in [0.1, 0.15) is 27.9 Å². The van der Waals surface area contributed by atoms with Crippen molar-refractivity contribution < 1.29 is 34.8 Å². The van der Waals surface area contributed by atoms with Crippen molar-refractivity contribution in [3.8, 4) is 22.9 Å². The number of aromatic hydroxyl groups is 1. The molecule has 0 heterocycles. The summed E-state index contributed by atoms with van der Waals surface area (Å²) in [7, 11) is 3.17. The van der Waals surface area contributed by atoms with Crippen LogP contribution in [0.4, 0.5) is 0 Å². The van der Waals surface area contributed by atoms with Crippen molar-refractivity contribution >= 4 is 17.5 Å². The van der Waals surface area contributed by atoms with Crippen molar-refractivity contribution in [3.05, 3.63) is 75.8 Å². The number of hydrogen-bond donors (Lipinski definition) is 6. The van der Waals surface area contributed by atoms with Crippen LogP contribution < -0.4 is 11.1 Å². The number of phenols is 1. The van der Waals surface area contributed by atoms with Crippen molar-refractivity contribution in [2.75, 3.05) is 20.6 Å². The molecular formula is C30H30N4O7. The topological polar surface area (TPSA) is 197 Å². The van der Waals surface area contributed by atoms with Crippen molar-refractivity contribution in [2.24, 2.45) is 17.6 Å². The number of aliphatic hydroxyl groups excluding tert-OH is 2. The van der Waals surface area contributed by atoms with Gasteiger partial charge in [-0.3, -0.25) is 19.3 Å². The molecule has 0 saturated carbocycles. The van der Waals surface area contributed by atoms with Gasteiger partial charge in [-0.05, 0) is 61.2 Å². The summed E-state index contributed by atoms with van der Waals surface area (Å²) in [5.41, 5.74) is 4.61. The lowest BCUT2D eigenvalue weighted by atomic mass is 9.58. The number of nitriles is 1. The highest BCUT2D eigenvalue weighted by atomic mass is 16.3. The molecule has 3 aliphatic rings. The Balaban J connectivity index is 1.62. The first-order valence-electron chi connectivity index (χ1n) is 13.1. The Morgan fingerprint density at radius 1 is 1.15 bits per heavy atom. The predicted octanol–water partition coefficient (Wildman–Crippen LogP) is 1.40. The van der Waals surface area contributed by atoms with Gasteiger partial charge in [-0.15, -0.1) is 0 Å². The number of carbonyl (C=O) groups is 3. The largest absolute Gasteiger partial charge is 0.510 e. The summed E-state index contributed by atoms with van der Waals surface area (Å²) in [5.74, 6) is -6.82. The minimum absolute atomic E-state index is 0.0182. The van der Waals surface area contributed by atoms with Crippen molar-refractivity contribution in [1.82, 2.24) is 10.2 Å². The minimum atomic E-state index is -2.67. The number of hydrogen-bond acceptors (Lipinski definition) is 10. The molecule has 0 fully saturated rings. The lowest BCUT2D eigenvalue weighted by molar-refractivity contribution is -0.148. The number of nitrogens with two attached hydrogens (primary N) is 1. The lowest BCUT2D eigenvalue weighted by Crippen LogP contribution is -2.63. The Bertz CT molecular complexity index is 1580. The Labute approximate surface area is 235 Å². The zero-order valence-electron chi connectivity index (χ0n) is 22.5. The molecule has 11 nitrogen and oxygen atoms in total. The molecular weight excluding hydrogens is 528 g/mol. The van der Waals surface area contributed by atoms with E-state index in [1.54, 1.807) is 20.2 Å². The quantitative estimate of drug-likeness (QED) is 0.171. The van der Waals surface area contributed by atoms with E-state index in [1.165, 1.54) is 11.0 Å². The molecule has 1 amide bonds.